The normalized spacial score (nSPS) is 25.4. The lowest BCUT2D eigenvalue weighted by atomic mass is 9.75. The largest absolute Gasteiger partial charge is 0.458 e. The Morgan fingerprint density at radius 2 is 2.14 bits per heavy atom. The maximum atomic E-state index is 12.3. The van der Waals surface area contributed by atoms with E-state index >= 15 is 0 Å². The molecule has 21 heavy (non-hydrogen) atoms. The fraction of sp³-hybridized carbons (Fsp3) is 0.556. The molecular formula is C18H23NO2. The Bertz CT molecular complexity index is 544. The predicted octanol–water partition coefficient (Wildman–Crippen LogP) is 4.18. The van der Waals surface area contributed by atoms with Crippen molar-refractivity contribution >= 4 is 5.97 Å². The minimum atomic E-state index is -0.308. The third-order valence-corrected chi connectivity index (χ3v) is 4.45. The van der Waals surface area contributed by atoms with Crippen molar-refractivity contribution in [3.05, 3.63) is 35.4 Å². The molecule has 0 bridgehead atoms. The molecule has 0 unspecified atom stereocenters. The van der Waals surface area contributed by atoms with Crippen LogP contribution < -0.4 is 0 Å². The first kappa shape index (κ1) is 15.6. The highest BCUT2D eigenvalue weighted by Crippen LogP contribution is 2.35. The van der Waals surface area contributed by atoms with E-state index in [1.54, 1.807) is 24.3 Å². The number of hydrogen-bond donors (Lipinski definition) is 0. The third-order valence-electron chi connectivity index (χ3n) is 4.45. The molecular weight excluding hydrogens is 262 g/mol. The fourth-order valence-electron chi connectivity index (χ4n) is 3.17. The van der Waals surface area contributed by atoms with Crippen molar-refractivity contribution in [2.45, 2.75) is 46.1 Å². The van der Waals surface area contributed by atoms with Crippen LogP contribution >= 0.6 is 0 Å². The summed E-state index contributed by atoms with van der Waals surface area (Å²) in [6.45, 7) is 6.60. The van der Waals surface area contributed by atoms with Gasteiger partial charge < -0.3 is 4.74 Å². The molecule has 1 aliphatic carbocycles. The summed E-state index contributed by atoms with van der Waals surface area (Å²) in [5.74, 6) is 1.24. The predicted molar refractivity (Wildman–Crippen MR) is 81.7 cm³/mol. The summed E-state index contributed by atoms with van der Waals surface area (Å²) in [7, 11) is 0. The molecule has 0 aromatic heterocycles. The van der Waals surface area contributed by atoms with Crippen molar-refractivity contribution < 1.29 is 9.53 Å². The second-order valence-corrected chi connectivity index (χ2v) is 6.46. The molecule has 1 saturated carbocycles. The molecule has 0 radical (unpaired) electrons. The van der Waals surface area contributed by atoms with Crippen LogP contribution in [0.2, 0.25) is 0 Å². The average Bonchev–Trinajstić information content (AvgIpc) is 2.47. The van der Waals surface area contributed by atoms with Gasteiger partial charge in [0.05, 0.1) is 17.2 Å². The summed E-state index contributed by atoms with van der Waals surface area (Å²) in [5.41, 5.74) is 0.955. The van der Waals surface area contributed by atoms with Crippen LogP contribution in [0.25, 0.3) is 0 Å². The monoisotopic (exact) mass is 285 g/mol. The van der Waals surface area contributed by atoms with E-state index in [2.05, 4.69) is 26.8 Å². The SMILES string of the molecule is CC(C)[C@H]1CC[C@H](C)C[C@@H]1OC(=O)c1cccc(C#N)c1. The maximum Gasteiger partial charge on any atom is 0.338 e. The molecule has 0 heterocycles. The van der Waals surface area contributed by atoms with E-state index in [-0.39, 0.29) is 12.1 Å². The van der Waals surface area contributed by atoms with E-state index in [9.17, 15) is 4.79 Å². The van der Waals surface area contributed by atoms with Crippen molar-refractivity contribution in [1.29, 1.82) is 5.26 Å². The number of carbonyl (C=O) groups excluding carboxylic acids is 1. The molecule has 0 N–H and O–H groups in total. The lowest BCUT2D eigenvalue weighted by molar-refractivity contribution is -0.0174. The zero-order valence-electron chi connectivity index (χ0n) is 13.0. The molecule has 3 nitrogen and oxygen atoms in total. The Hall–Kier alpha value is -1.82. The van der Waals surface area contributed by atoms with Crippen LogP contribution in [0.15, 0.2) is 24.3 Å². The van der Waals surface area contributed by atoms with Crippen LogP contribution in [0.1, 0.15) is 56.0 Å². The molecule has 2 rings (SSSR count). The lowest BCUT2D eigenvalue weighted by Gasteiger charge is -2.36. The number of nitriles is 1. The minimum absolute atomic E-state index is 0.00741. The zero-order chi connectivity index (χ0) is 15.4. The number of ether oxygens (including phenoxy) is 1. The molecule has 0 aliphatic heterocycles. The van der Waals surface area contributed by atoms with Gasteiger partial charge in [0.25, 0.3) is 0 Å². The highest BCUT2D eigenvalue weighted by molar-refractivity contribution is 5.89. The molecule has 3 atom stereocenters. The van der Waals surface area contributed by atoms with Crippen molar-refractivity contribution in [2.24, 2.45) is 17.8 Å². The summed E-state index contributed by atoms with van der Waals surface area (Å²) < 4.78 is 5.77. The maximum absolute atomic E-state index is 12.3. The van der Waals surface area contributed by atoms with Gasteiger partial charge in [-0.1, -0.05) is 33.3 Å². The van der Waals surface area contributed by atoms with Gasteiger partial charge in [0.1, 0.15) is 6.10 Å². The van der Waals surface area contributed by atoms with Gasteiger partial charge in [-0.15, -0.1) is 0 Å². The van der Waals surface area contributed by atoms with Gasteiger partial charge in [0, 0.05) is 0 Å². The number of nitrogens with zero attached hydrogens (tertiary/aromatic N) is 1. The van der Waals surface area contributed by atoms with Crippen molar-refractivity contribution in [2.75, 3.05) is 0 Å². The second-order valence-electron chi connectivity index (χ2n) is 6.46. The molecule has 3 heteroatoms. The van der Waals surface area contributed by atoms with Gasteiger partial charge in [-0.25, -0.2) is 4.79 Å². The second kappa shape index (κ2) is 6.76. The summed E-state index contributed by atoms with van der Waals surface area (Å²) in [6, 6.07) is 8.77. The minimum Gasteiger partial charge on any atom is -0.458 e. The van der Waals surface area contributed by atoms with E-state index < -0.39 is 0 Å². The van der Waals surface area contributed by atoms with Gasteiger partial charge in [0.2, 0.25) is 0 Å². The van der Waals surface area contributed by atoms with Crippen LogP contribution in [0.4, 0.5) is 0 Å². The molecule has 1 aromatic carbocycles. The summed E-state index contributed by atoms with van der Waals surface area (Å²) in [6.07, 6.45) is 3.26. The van der Waals surface area contributed by atoms with Crippen molar-refractivity contribution in [3.8, 4) is 6.07 Å². The quantitative estimate of drug-likeness (QED) is 0.783. The van der Waals surface area contributed by atoms with Gasteiger partial charge in [-0.3, -0.25) is 0 Å². The van der Waals surface area contributed by atoms with Crippen LogP contribution in [0.5, 0.6) is 0 Å². The fourth-order valence-corrected chi connectivity index (χ4v) is 3.17. The van der Waals surface area contributed by atoms with Gasteiger partial charge in [0.15, 0.2) is 0 Å². The van der Waals surface area contributed by atoms with E-state index in [4.69, 9.17) is 10.00 Å². The highest BCUT2D eigenvalue weighted by atomic mass is 16.5. The van der Waals surface area contributed by atoms with E-state index in [1.165, 1.54) is 6.42 Å². The van der Waals surface area contributed by atoms with E-state index in [0.29, 0.717) is 28.9 Å². The smallest absolute Gasteiger partial charge is 0.338 e. The van der Waals surface area contributed by atoms with Crippen LogP contribution in [0, 0.1) is 29.1 Å². The Labute approximate surface area is 126 Å². The van der Waals surface area contributed by atoms with Gasteiger partial charge >= 0.3 is 5.97 Å². The number of esters is 1. The van der Waals surface area contributed by atoms with Crippen molar-refractivity contribution in [1.82, 2.24) is 0 Å². The Morgan fingerprint density at radius 3 is 2.81 bits per heavy atom. The first-order chi connectivity index (χ1) is 10.0. The number of rotatable bonds is 3. The van der Waals surface area contributed by atoms with Crippen LogP contribution in [-0.2, 0) is 4.74 Å². The molecule has 1 fully saturated rings. The van der Waals surface area contributed by atoms with Gasteiger partial charge in [-0.05, 0) is 48.8 Å². The van der Waals surface area contributed by atoms with E-state index in [0.717, 1.165) is 12.8 Å². The first-order valence-corrected chi connectivity index (χ1v) is 7.72. The van der Waals surface area contributed by atoms with Crippen LogP contribution in [0.3, 0.4) is 0 Å². The first-order valence-electron chi connectivity index (χ1n) is 7.72. The van der Waals surface area contributed by atoms with Crippen molar-refractivity contribution in [3.63, 3.8) is 0 Å². The third kappa shape index (κ3) is 3.85. The summed E-state index contributed by atoms with van der Waals surface area (Å²) in [5, 5.41) is 8.91. The summed E-state index contributed by atoms with van der Waals surface area (Å²) >= 11 is 0. The highest BCUT2D eigenvalue weighted by Gasteiger charge is 2.33. The molecule has 1 aromatic rings. The molecule has 1 aliphatic rings. The van der Waals surface area contributed by atoms with Gasteiger partial charge in [-0.2, -0.15) is 5.26 Å². The molecule has 0 saturated heterocycles. The Morgan fingerprint density at radius 1 is 1.38 bits per heavy atom. The average molecular weight is 285 g/mol. The van der Waals surface area contributed by atoms with E-state index in [1.807, 2.05) is 0 Å². The number of carbonyl (C=O) groups is 1. The number of benzene rings is 1. The van der Waals surface area contributed by atoms with Crippen LogP contribution in [-0.4, -0.2) is 12.1 Å². The molecule has 0 amide bonds. The standard InChI is InChI=1S/C18H23NO2/c1-12(2)16-8-7-13(3)9-17(16)21-18(20)15-6-4-5-14(10-15)11-19/h4-6,10,12-13,16-17H,7-9H2,1-3H3/t13-,16+,17-/m0/s1. The Balaban J connectivity index is 2.10. The topological polar surface area (TPSA) is 50.1 Å². The Kier molecular flexibility index (Phi) is 5.01. The zero-order valence-corrected chi connectivity index (χ0v) is 13.0. The lowest BCUT2D eigenvalue weighted by Crippen LogP contribution is -2.35. The summed E-state index contributed by atoms with van der Waals surface area (Å²) in [4.78, 5) is 12.3. The molecule has 112 valence electrons. The molecule has 0 spiro atoms. The number of hydrogen-bond acceptors (Lipinski definition) is 3.